The van der Waals surface area contributed by atoms with Crippen LogP contribution in [0.15, 0.2) is 4.79 Å². The number of ether oxygens (including phenoxy) is 2. The monoisotopic (exact) mass is 391 g/mol. The maximum atomic E-state index is 13.4. The van der Waals surface area contributed by atoms with Gasteiger partial charge in [0, 0.05) is 30.6 Å². The molecule has 28 heavy (non-hydrogen) atoms. The molecule has 6 heteroatoms. The molecule has 0 atom stereocenters. The van der Waals surface area contributed by atoms with Crippen LogP contribution < -0.4 is 5.56 Å². The standard InChI is InChI=1S/C22H33NO5/c1-8-9-10-23-18(14(4)5)16-12-22(20(25)27-6,21(26)28-7)11-15(16)17(13(2)3)19(23)24/h13-14H,8-12H2,1-7H3. The summed E-state index contributed by atoms with van der Waals surface area (Å²) < 4.78 is 11.9. The van der Waals surface area contributed by atoms with E-state index in [-0.39, 0.29) is 30.2 Å². The van der Waals surface area contributed by atoms with Gasteiger partial charge in [-0.05, 0) is 29.4 Å². The predicted molar refractivity (Wildman–Crippen MR) is 108 cm³/mol. The summed E-state index contributed by atoms with van der Waals surface area (Å²) in [6.07, 6.45) is 2.24. The normalized spacial score (nSPS) is 15.0. The van der Waals surface area contributed by atoms with Crippen molar-refractivity contribution in [3.63, 3.8) is 0 Å². The van der Waals surface area contributed by atoms with Gasteiger partial charge in [-0.3, -0.25) is 14.4 Å². The molecule has 156 valence electrons. The minimum absolute atomic E-state index is 0.00330. The molecule has 0 saturated heterocycles. The highest BCUT2D eigenvalue weighted by molar-refractivity contribution is 6.01. The first-order valence-corrected chi connectivity index (χ1v) is 10.1. The van der Waals surface area contributed by atoms with E-state index in [1.165, 1.54) is 14.2 Å². The smallest absolute Gasteiger partial charge is 0.323 e. The number of unbranched alkanes of at least 4 members (excludes halogenated alkanes) is 1. The van der Waals surface area contributed by atoms with Gasteiger partial charge in [-0.25, -0.2) is 0 Å². The molecule has 0 aromatic carbocycles. The third kappa shape index (κ3) is 3.49. The molecule has 1 aromatic heterocycles. The fraction of sp³-hybridized carbons (Fsp3) is 0.682. The number of methoxy groups -OCH3 is 2. The molecule has 0 bridgehead atoms. The van der Waals surface area contributed by atoms with Gasteiger partial charge in [0.15, 0.2) is 5.41 Å². The van der Waals surface area contributed by atoms with E-state index in [9.17, 15) is 14.4 Å². The van der Waals surface area contributed by atoms with Gasteiger partial charge in [0.05, 0.1) is 14.2 Å². The van der Waals surface area contributed by atoms with Crippen LogP contribution in [0, 0.1) is 5.41 Å². The van der Waals surface area contributed by atoms with Gasteiger partial charge in [0.25, 0.3) is 5.56 Å². The number of carbonyl (C=O) groups excluding carboxylic acids is 2. The van der Waals surface area contributed by atoms with Gasteiger partial charge in [-0.1, -0.05) is 41.0 Å². The predicted octanol–water partition coefficient (Wildman–Crippen LogP) is 3.33. The number of carbonyl (C=O) groups is 2. The summed E-state index contributed by atoms with van der Waals surface area (Å²) in [7, 11) is 2.56. The highest BCUT2D eigenvalue weighted by atomic mass is 16.5. The summed E-state index contributed by atoms with van der Waals surface area (Å²) in [5.41, 5.74) is 1.96. The summed E-state index contributed by atoms with van der Waals surface area (Å²) in [5, 5.41) is 0. The van der Waals surface area contributed by atoms with Crippen molar-refractivity contribution in [2.75, 3.05) is 14.2 Å². The molecule has 1 aliphatic rings. The number of hydrogen-bond donors (Lipinski definition) is 0. The van der Waals surface area contributed by atoms with Crippen molar-refractivity contribution in [3.05, 3.63) is 32.7 Å². The van der Waals surface area contributed by atoms with Crippen LogP contribution in [0.25, 0.3) is 0 Å². The molecule has 1 aliphatic carbocycles. The van der Waals surface area contributed by atoms with E-state index in [2.05, 4.69) is 6.92 Å². The highest BCUT2D eigenvalue weighted by Crippen LogP contribution is 2.44. The van der Waals surface area contributed by atoms with Crippen molar-refractivity contribution >= 4 is 11.9 Å². The van der Waals surface area contributed by atoms with E-state index in [1.807, 2.05) is 32.3 Å². The Hall–Kier alpha value is -2.11. The largest absolute Gasteiger partial charge is 0.468 e. The van der Waals surface area contributed by atoms with Gasteiger partial charge in [-0.2, -0.15) is 0 Å². The molecule has 0 amide bonds. The summed E-state index contributed by atoms with van der Waals surface area (Å²) in [6, 6.07) is 0. The first kappa shape index (κ1) is 22.2. The minimum atomic E-state index is -1.42. The molecule has 0 radical (unpaired) electrons. The fourth-order valence-electron chi connectivity index (χ4n) is 4.49. The lowest BCUT2D eigenvalue weighted by molar-refractivity contribution is -0.168. The zero-order valence-electron chi connectivity index (χ0n) is 18.2. The first-order valence-electron chi connectivity index (χ1n) is 10.1. The second-order valence-corrected chi connectivity index (χ2v) is 8.29. The van der Waals surface area contributed by atoms with Crippen molar-refractivity contribution < 1.29 is 19.1 Å². The number of fused-ring (bicyclic) bond motifs is 1. The van der Waals surface area contributed by atoms with Crippen molar-refractivity contribution in [1.29, 1.82) is 0 Å². The van der Waals surface area contributed by atoms with E-state index in [1.54, 1.807) is 0 Å². The molecule has 0 spiro atoms. The molecule has 6 nitrogen and oxygen atoms in total. The average molecular weight is 392 g/mol. The molecule has 0 fully saturated rings. The summed E-state index contributed by atoms with van der Waals surface area (Å²) in [4.78, 5) is 38.8. The Labute approximate surface area is 167 Å². The van der Waals surface area contributed by atoms with Crippen molar-refractivity contribution in [1.82, 2.24) is 4.57 Å². The van der Waals surface area contributed by atoms with Gasteiger partial charge in [-0.15, -0.1) is 0 Å². The number of esters is 2. The third-order valence-electron chi connectivity index (χ3n) is 5.73. The van der Waals surface area contributed by atoms with E-state index in [4.69, 9.17) is 9.47 Å². The second kappa shape index (κ2) is 8.50. The van der Waals surface area contributed by atoms with Gasteiger partial charge < -0.3 is 14.0 Å². The van der Waals surface area contributed by atoms with Crippen LogP contribution in [0.1, 0.15) is 81.7 Å². The van der Waals surface area contributed by atoms with Crippen LogP contribution in [0.5, 0.6) is 0 Å². The molecule has 0 aliphatic heterocycles. The average Bonchev–Trinajstić information content (AvgIpc) is 3.04. The van der Waals surface area contributed by atoms with Gasteiger partial charge in [0.1, 0.15) is 0 Å². The lowest BCUT2D eigenvalue weighted by Gasteiger charge is -2.24. The SMILES string of the molecule is CCCCn1c(C(C)C)c2c(c(C(C)C)c1=O)CC(C(=O)OC)(C(=O)OC)C2. The molecule has 0 N–H and O–H groups in total. The van der Waals surface area contributed by atoms with Crippen LogP contribution in [0.4, 0.5) is 0 Å². The van der Waals surface area contributed by atoms with Gasteiger partial charge in [0.2, 0.25) is 0 Å². The Morgan fingerprint density at radius 3 is 1.96 bits per heavy atom. The highest BCUT2D eigenvalue weighted by Gasteiger charge is 2.54. The second-order valence-electron chi connectivity index (χ2n) is 8.29. The van der Waals surface area contributed by atoms with Crippen LogP contribution in [0.3, 0.4) is 0 Å². The number of rotatable bonds is 7. The van der Waals surface area contributed by atoms with E-state index in [0.717, 1.165) is 29.7 Å². The Kier molecular flexibility index (Phi) is 6.73. The Bertz CT molecular complexity index is 803. The lowest BCUT2D eigenvalue weighted by atomic mass is 9.84. The molecular weight excluding hydrogens is 358 g/mol. The van der Waals surface area contributed by atoms with Gasteiger partial charge >= 0.3 is 11.9 Å². The fourth-order valence-corrected chi connectivity index (χ4v) is 4.49. The summed E-state index contributed by atoms with van der Waals surface area (Å²) in [5.74, 6) is -1.13. The Balaban J connectivity index is 2.84. The number of nitrogens with zero attached hydrogens (tertiary/aromatic N) is 1. The van der Waals surface area contributed by atoms with Crippen LogP contribution in [-0.2, 0) is 38.4 Å². The molecule has 2 rings (SSSR count). The van der Waals surface area contributed by atoms with Crippen LogP contribution in [-0.4, -0.2) is 30.7 Å². The third-order valence-corrected chi connectivity index (χ3v) is 5.73. The zero-order valence-corrected chi connectivity index (χ0v) is 18.2. The summed E-state index contributed by atoms with van der Waals surface area (Å²) >= 11 is 0. The zero-order chi connectivity index (χ0) is 21.2. The first-order chi connectivity index (χ1) is 13.2. The maximum absolute atomic E-state index is 13.4. The van der Waals surface area contributed by atoms with Crippen molar-refractivity contribution in [2.24, 2.45) is 5.41 Å². The Morgan fingerprint density at radius 1 is 1.00 bits per heavy atom. The quantitative estimate of drug-likeness (QED) is 0.526. The molecular formula is C22H33NO5. The Morgan fingerprint density at radius 2 is 1.54 bits per heavy atom. The topological polar surface area (TPSA) is 74.6 Å². The van der Waals surface area contributed by atoms with E-state index >= 15 is 0 Å². The molecule has 0 unspecified atom stereocenters. The minimum Gasteiger partial charge on any atom is -0.468 e. The lowest BCUT2D eigenvalue weighted by Crippen LogP contribution is -2.42. The maximum Gasteiger partial charge on any atom is 0.323 e. The van der Waals surface area contributed by atoms with Crippen LogP contribution in [0.2, 0.25) is 0 Å². The molecule has 0 saturated carbocycles. The number of pyridine rings is 1. The van der Waals surface area contributed by atoms with Crippen LogP contribution >= 0.6 is 0 Å². The summed E-state index contributed by atoms with van der Waals surface area (Å²) in [6.45, 7) is 10.8. The molecule has 1 heterocycles. The number of aromatic nitrogens is 1. The van der Waals surface area contributed by atoms with Crippen molar-refractivity contribution in [2.45, 2.75) is 78.7 Å². The van der Waals surface area contributed by atoms with E-state index < -0.39 is 17.4 Å². The van der Waals surface area contributed by atoms with E-state index in [0.29, 0.717) is 12.1 Å². The molecule has 1 aromatic rings. The van der Waals surface area contributed by atoms with Crippen molar-refractivity contribution in [3.8, 4) is 0 Å². The number of hydrogen-bond acceptors (Lipinski definition) is 5.